The first-order chi connectivity index (χ1) is 8.99. The van der Waals surface area contributed by atoms with Crippen molar-refractivity contribution >= 4 is 38.2 Å². The van der Waals surface area contributed by atoms with Crippen LogP contribution < -0.4 is 11.1 Å². The SMILES string of the molecule is CCC(C)(CC)Nc1ccc(N)c2cc(Br)cnc12. The van der Waals surface area contributed by atoms with E-state index in [2.05, 4.69) is 47.0 Å². The number of rotatable bonds is 4. The summed E-state index contributed by atoms with van der Waals surface area (Å²) in [6, 6.07) is 5.96. The second kappa shape index (κ2) is 5.37. The molecule has 4 heteroatoms. The van der Waals surface area contributed by atoms with Gasteiger partial charge in [-0.25, -0.2) is 0 Å². The van der Waals surface area contributed by atoms with Crippen molar-refractivity contribution in [1.82, 2.24) is 4.98 Å². The highest BCUT2D eigenvalue weighted by atomic mass is 79.9. The van der Waals surface area contributed by atoms with E-state index in [1.165, 1.54) is 0 Å². The fraction of sp³-hybridized carbons (Fsp3) is 0.400. The van der Waals surface area contributed by atoms with Crippen LogP contribution in [0.25, 0.3) is 10.9 Å². The van der Waals surface area contributed by atoms with Gasteiger partial charge in [-0.05, 0) is 53.9 Å². The Labute approximate surface area is 122 Å². The maximum atomic E-state index is 6.03. The van der Waals surface area contributed by atoms with E-state index in [1.54, 1.807) is 0 Å². The molecule has 3 N–H and O–H groups in total. The van der Waals surface area contributed by atoms with Crippen molar-refractivity contribution in [3.63, 3.8) is 0 Å². The van der Waals surface area contributed by atoms with E-state index in [-0.39, 0.29) is 5.54 Å². The van der Waals surface area contributed by atoms with E-state index in [0.717, 1.165) is 39.6 Å². The zero-order chi connectivity index (χ0) is 14.0. The van der Waals surface area contributed by atoms with Crippen LogP contribution in [0.15, 0.2) is 28.9 Å². The molecule has 0 aliphatic carbocycles. The molecule has 0 unspecified atom stereocenters. The van der Waals surface area contributed by atoms with E-state index in [1.807, 2.05) is 24.4 Å². The summed E-state index contributed by atoms with van der Waals surface area (Å²) < 4.78 is 0.942. The third-order valence-corrected chi connectivity index (χ3v) is 4.28. The molecule has 0 atom stereocenters. The molecule has 0 spiro atoms. The number of nitrogens with two attached hydrogens (primary N) is 1. The molecule has 3 nitrogen and oxygen atoms in total. The number of nitrogens with one attached hydrogen (secondary N) is 1. The second-order valence-corrected chi connectivity index (χ2v) is 6.06. The monoisotopic (exact) mass is 321 g/mol. The van der Waals surface area contributed by atoms with Crippen molar-refractivity contribution in [2.24, 2.45) is 0 Å². The van der Waals surface area contributed by atoms with Gasteiger partial charge in [0.05, 0.1) is 11.2 Å². The summed E-state index contributed by atoms with van der Waals surface area (Å²) >= 11 is 3.44. The number of aromatic nitrogens is 1. The Hall–Kier alpha value is -1.29. The Morgan fingerprint density at radius 1 is 1.32 bits per heavy atom. The second-order valence-electron chi connectivity index (χ2n) is 5.14. The lowest BCUT2D eigenvalue weighted by molar-refractivity contribution is 0.479. The lowest BCUT2D eigenvalue weighted by Crippen LogP contribution is -2.33. The zero-order valence-electron chi connectivity index (χ0n) is 11.6. The molecule has 0 amide bonds. The molecule has 1 aromatic heterocycles. The van der Waals surface area contributed by atoms with Gasteiger partial charge in [0.25, 0.3) is 0 Å². The molecule has 0 fully saturated rings. The molecular weight excluding hydrogens is 302 g/mol. The number of hydrogen-bond donors (Lipinski definition) is 2. The van der Waals surface area contributed by atoms with Crippen LogP contribution in [0.2, 0.25) is 0 Å². The fourth-order valence-corrected chi connectivity index (χ4v) is 2.40. The number of nitrogen functional groups attached to an aromatic ring is 1. The molecule has 0 saturated heterocycles. The first kappa shape index (κ1) is 14.1. The number of halogens is 1. The highest BCUT2D eigenvalue weighted by Gasteiger charge is 2.20. The summed E-state index contributed by atoms with van der Waals surface area (Å²) in [5.74, 6) is 0. The molecule has 1 heterocycles. The molecule has 0 aliphatic heterocycles. The van der Waals surface area contributed by atoms with Gasteiger partial charge < -0.3 is 11.1 Å². The third-order valence-electron chi connectivity index (χ3n) is 3.85. The number of benzene rings is 1. The molecule has 0 aliphatic rings. The standard InChI is InChI=1S/C15H20BrN3/c1-4-15(3,5-2)19-13-7-6-12(17)11-8-10(16)9-18-14(11)13/h6-9,19H,4-5,17H2,1-3H3. The van der Waals surface area contributed by atoms with Crippen molar-refractivity contribution in [2.75, 3.05) is 11.1 Å². The molecule has 19 heavy (non-hydrogen) atoms. The van der Waals surface area contributed by atoms with Gasteiger partial charge in [-0.15, -0.1) is 0 Å². The zero-order valence-corrected chi connectivity index (χ0v) is 13.2. The number of anilines is 2. The van der Waals surface area contributed by atoms with Gasteiger partial charge in [0, 0.05) is 27.3 Å². The quantitative estimate of drug-likeness (QED) is 0.811. The number of pyridine rings is 1. The highest BCUT2D eigenvalue weighted by Crippen LogP contribution is 2.31. The van der Waals surface area contributed by atoms with Crippen LogP contribution in [0.3, 0.4) is 0 Å². The first-order valence-electron chi connectivity index (χ1n) is 6.61. The third kappa shape index (κ3) is 2.84. The number of fused-ring (bicyclic) bond motifs is 1. The lowest BCUT2D eigenvalue weighted by Gasteiger charge is -2.30. The summed E-state index contributed by atoms with van der Waals surface area (Å²) in [5, 5.41) is 4.59. The summed E-state index contributed by atoms with van der Waals surface area (Å²) in [6.07, 6.45) is 3.93. The van der Waals surface area contributed by atoms with Gasteiger partial charge in [0.2, 0.25) is 0 Å². The van der Waals surface area contributed by atoms with Crippen LogP contribution in [0.4, 0.5) is 11.4 Å². The summed E-state index contributed by atoms with van der Waals surface area (Å²) in [5.41, 5.74) is 8.84. The minimum Gasteiger partial charge on any atom is -0.398 e. The molecule has 0 radical (unpaired) electrons. The maximum absolute atomic E-state index is 6.03. The summed E-state index contributed by atoms with van der Waals surface area (Å²) in [4.78, 5) is 4.50. The maximum Gasteiger partial charge on any atom is 0.0954 e. The number of nitrogens with zero attached hydrogens (tertiary/aromatic N) is 1. The molecular formula is C15H20BrN3. The summed E-state index contributed by atoms with van der Waals surface area (Å²) in [6.45, 7) is 6.62. The predicted octanol–water partition coefficient (Wildman–Crippen LogP) is 4.57. The highest BCUT2D eigenvalue weighted by molar-refractivity contribution is 9.10. The van der Waals surface area contributed by atoms with Crippen LogP contribution in [0, 0.1) is 0 Å². The molecule has 0 bridgehead atoms. The average Bonchev–Trinajstić information content (AvgIpc) is 2.42. The van der Waals surface area contributed by atoms with Crippen LogP contribution in [0.1, 0.15) is 33.6 Å². The van der Waals surface area contributed by atoms with E-state index in [4.69, 9.17) is 5.73 Å². The van der Waals surface area contributed by atoms with E-state index >= 15 is 0 Å². The molecule has 102 valence electrons. The fourth-order valence-electron chi connectivity index (χ4n) is 2.07. The summed E-state index contributed by atoms with van der Waals surface area (Å²) in [7, 11) is 0. The molecule has 2 rings (SSSR count). The topological polar surface area (TPSA) is 50.9 Å². The Kier molecular flexibility index (Phi) is 3.99. The minimum absolute atomic E-state index is 0.0811. The largest absolute Gasteiger partial charge is 0.398 e. The average molecular weight is 322 g/mol. The first-order valence-corrected chi connectivity index (χ1v) is 7.40. The Bertz CT molecular complexity index is 591. The smallest absolute Gasteiger partial charge is 0.0954 e. The van der Waals surface area contributed by atoms with Gasteiger partial charge in [-0.1, -0.05) is 13.8 Å². The van der Waals surface area contributed by atoms with Gasteiger partial charge >= 0.3 is 0 Å². The number of hydrogen-bond acceptors (Lipinski definition) is 3. The molecule has 1 aromatic carbocycles. The molecule has 0 saturated carbocycles. The Morgan fingerprint density at radius 3 is 2.63 bits per heavy atom. The van der Waals surface area contributed by atoms with Crippen LogP contribution in [0.5, 0.6) is 0 Å². The minimum atomic E-state index is 0.0811. The van der Waals surface area contributed by atoms with Gasteiger partial charge in [-0.3, -0.25) is 4.98 Å². The van der Waals surface area contributed by atoms with E-state index < -0.39 is 0 Å². The van der Waals surface area contributed by atoms with Crippen molar-refractivity contribution < 1.29 is 0 Å². The van der Waals surface area contributed by atoms with Gasteiger partial charge in [0.15, 0.2) is 0 Å². The Morgan fingerprint density at radius 2 is 2.00 bits per heavy atom. The van der Waals surface area contributed by atoms with Crippen molar-refractivity contribution in [3.8, 4) is 0 Å². The van der Waals surface area contributed by atoms with Gasteiger partial charge in [-0.2, -0.15) is 0 Å². The Balaban J connectivity index is 2.53. The van der Waals surface area contributed by atoms with E-state index in [0.29, 0.717) is 0 Å². The van der Waals surface area contributed by atoms with Crippen molar-refractivity contribution in [2.45, 2.75) is 39.2 Å². The molecule has 2 aromatic rings. The van der Waals surface area contributed by atoms with Gasteiger partial charge in [0.1, 0.15) is 0 Å². The van der Waals surface area contributed by atoms with Crippen LogP contribution >= 0.6 is 15.9 Å². The van der Waals surface area contributed by atoms with E-state index in [9.17, 15) is 0 Å². The van der Waals surface area contributed by atoms with Crippen LogP contribution in [-0.2, 0) is 0 Å². The van der Waals surface area contributed by atoms with Crippen molar-refractivity contribution in [1.29, 1.82) is 0 Å². The lowest BCUT2D eigenvalue weighted by atomic mass is 9.95. The van der Waals surface area contributed by atoms with Crippen molar-refractivity contribution in [3.05, 3.63) is 28.9 Å². The van der Waals surface area contributed by atoms with Crippen LogP contribution in [-0.4, -0.2) is 10.5 Å². The predicted molar refractivity (Wildman–Crippen MR) is 86.5 cm³/mol. The normalized spacial score (nSPS) is 11.8.